The van der Waals surface area contributed by atoms with E-state index in [2.05, 4.69) is 0 Å². The first-order chi connectivity index (χ1) is 8.65. The van der Waals surface area contributed by atoms with Gasteiger partial charge in [-0.1, -0.05) is 23.2 Å². The minimum absolute atomic E-state index is 0.535. The van der Waals surface area contributed by atoms with Crippen LogP contribution in [0.3, 0.4) is 0 Å². The van der Waals surface area contributed by atoms with E-state index in [-0.39, 0.29) is 0 Å². The SMILES string of the molecule is CCOc1cc(Cl)c(-c2csc(CN)c2)cc1Cl. The van der Waals surface area contributed by atoms with E-state index in [4.69, 9.17) is 33.7 Å². The molecular formula is C13H13Cl2NOS. The van der Waals surface area contributed by atoms with E-state index in [1.807, 2.05) is 24.4 Å². The summed E-state index contributed by atoms with van der Waals surface area (Å²) in [6.07, 6.45) is 0. The topological polar surface area (TPSA) is 35.2 Å². The third kappa shape index (κ3) is 2.81. The fraction of sp³-hybridized carbons (Fsp3) is 0.231. The average Bonchev–Trinajstić information content (AvgIpc) is 2.82. The van der Waals surface area contributed by atoms with Crippen molar-refractivity contribution in [3.05, 3.63) is 38.5 Å². The highest BCUT2D eigenvalue weighted by Crippen LogP contribution is 2.38. The number of ether oxygens (including phenoxy) is 1. The molecule has 0 radical (unpaired) electrons. The number of halogens is 2. The van der Waals surface area contributed by atoms with Crippen LogP contribution in [0.4, 0.5) is 0 Å². The van der Waals surface area contributed by atoms with Gasteiger partial charge in [-0.05, 0) is 30.0 Å². The molecule has 1 heterocycles. The number of rotatable bonds is 4. The van der Waals surface area contributed by atoms with Gasteiger partial charge in [0.25, 0.3) is 0 Å². The van der Waals surface area contributed by atoms with E-state index >= 15 is 0 Å². The van der Waals surface area contributed by atoms with E-state index in [1.54, 1.807) is 17.4 Å². The Morgan fingerprint density at radius 1 is 1.22 bits per heavy atom. The lowest BCUT2D eigenvalue weighted by atomic mass is 10.1. The summed E-state index contributed by atoms with van der Waals surface area (Å²) in [6, 6.07) is 5.61. The number of hydrogen-bond donors (Lipinski definition) is 1. The molecule has 96 valence electrons. The maximum absolute atomic E-state index is 6.26. The van der Waals surface area contributed by atoms with Crippen LogP contribution < -0.4 is 10.5 Å². The monoisotopic (exact) mass is 301 g/mol. The second-order valence-corrected chi connectivity index (χ2v) is 5.51. The minimum Gasteiger partial charge on any atom is -0.492 e. The molecule has 0 saturated carbocycles. The van der Waals surface area contributed by atoms with Crippen LogP contribution in [-0.2, 0) is 6.54 Å². The van der Waals surface area contributed by atoms with Gasteiger partial charge in [0, 0.05) is 23.1 Å². The second kappa shape index (κ2) is 5.93. The van der Waals surface area contributed by atoms with Crippen molar-refractivity contribution < 1.29 is 4.74 Å². The smallest absolute Gasteiger partial charge is 0.139 e. The van der Waals surface area contributed by atoms with E-state index in [0.717, 1.165) is 16.0 Å². The number of benzene rings is 1. The maximum atomic E-state index is 6.26. The van der Waals surface area contributed by atoms with Gasteiger partial charge in [0.15, 0.2) is 0 Å². The van der Waals surface area contributed by atoms with Gasteiger partial charge >= 0.3 is 0 Å². The third-order valence-electron chi connectivity index (χ3n) is 2.49. The van der Waals surface area contributed by atoms with E-state index < -0.39 is 0 Å². The van der Waals surface area contributed by atoms with Gasteiger partial charge in [-0.25, -0.2) is 0 Å². The molecule has 18 heavy (non-hydrogen) atoms. The van der Waals surface area contributed by atoms with Crippen LogP contribution in [0, 0.1) is 0 Å². The summed E-state index contributed by atoms with van der Waals surface area (Å²) in [5.74, 6) is 0.613. The second-order valence-electron chi connectivity index (χ2n) is 3.70. The lowest BCUT2D eigenvalue weighted by Gasteiger charge is -2.09. The first-order valence-corrected chi connectivity index (χ1v) is 7.19. The van der Waals surface area contributed by atoms with Crippen molar-refractivity contribution in [2.45, 2.75) is 13.5 Å². The van der Waals surface area contributed by atoms with Crippen molar-refractivity contribution >= 4 is 34.5 Å². The van der Waals surface area contributed by atoms with Crippen LogP contribution in [-0.4, -0.2) is 6.61 Å². The van der Waals surface area contributed by atoms with Gasteiger partial charge in [0.05, 0.1) is 16.7 Å². The molecule has 0 atom stereocenters. The van der Waals surface area contributed by atoms with Crippen molar-refractivity contribution in [2.24, 2.45) is 5.73 Å². The average molecular weight is 302 g/mol. The van der Waals surface area contributed by atoms with Crippen molar-refractivity contribution in [1.29, 1.82) is 0 Å². The molecule has 0 spiro atoms. The number of hydrogen-bond acceptors (Lipinski definition) is 3. The van der Waals surface area contributed by atoms with Gasteiger partial charge in [-0.3, -0.25) is 0 Å². The van der Waals surface area contributed by atoms with E-state index in [0.29, 0.717) is 28.9 Å². The molecule has 2 rings (SSSR count). The zero-order chi connectivity index (χ0) is 13.1. The summed E-state index contributed by atoms with van der Waals surface area (Å²) in [6.45, 7) is 3.00. The highest BCUT2D eigenvalue weighted by molar-refractivity contribution is 7.10. The molecule has 5 heteroatoms. The molecule has 0 fully saturated rings. The van der Waals surface area contributed by atoms with Crippen molar-refractivity contribution in [1.82, 2.24) is 0 Å². The third-order valence-corrected chi connectivity index (χ3v) is 4.05. The minimum atomic E-state index is 0.535. The Kier molecular flexibility index (Phi) is 4.51. The molecule has 0 amide bonds. The Bertz CT molecular complexity index is 554. The summed E-state index contributed by atoms with van der Waals surface area (Å²) in [5, 5.41) is 3.22. The Hall–Kier alpha value is -0.740. The molecule has 0 unspecified atom stereocenters. The standard InChI is InChI=1S/C13H13Cl2NOS/c1-2-17-13-5-11(14)10(4-12(13)15)8-3-9(6-16)18-7-8/h3-5,7H,2,6,16H2,1H3. The molecule has 2 N–H and O–H groups in total. The normalized spacial score (nSPS) is 10.7. The lowest BCUT2D eigenvalue weighted by molar-refractivity contribution is 0.340. The lowest BCUT2D eigenvalue weighted by Crippen LogP contribution is -1.93. The van der Waals surface area contributed by atoms with E-state index in [1.165, 1.54) is 0 Å². The predicted octanol–water partition coefficient (Wildman–Crippen LogP) is 4.58. The highest BCUT2D eigenvalue weighted by atomic mass is 35.5. The molecular weight excluding hydrogens is 289 g/mol. The Morgan fingerprint density at radius 2 is 2.00 bits per heavy atom. The summed E-state index contributed by atoms with van der Waals surface area (Å²) < 4.78 is 5.40. The molecule has 1 aromatic heterocycles. The highest BCUT2D eigenvalue weighted by Gasteiger charge is 2.11. The van der Waals surface area contributed by atoms with Crippen molar-refractivity contribution in [2.75, 3.05) is 6.61 Å². The Labute approximate surface area is 120 Å². The zero-order valence-corrected chi connectivity index (χ0v) is 12.2. The molecule has 0 saturated heterocycles. The van der Waals surface area contributed by atoms with Gasteiger partial charge in [0.2, 0.25) is 0 Å². The molecule has 0 aliphatic heterocycles. The van der Waals surface area contributed by atoms with Crippen LogP contribution in [0.15, 0.2) is 23.6 Å². The van der Waals surface area contributed by atoms with Crippen LogP contribution >= 0.6 is 34.5 Å². The van der Waals surface area contributed by atoms with Gasteiger partial charge in [-0.2, -0.15) is 0 Å². The van der Waals surface area contributed by atoms with Gasteiger partial charge < -0.3 is 10.5 Å². The summed E-state index contributed by atoms with van der Waals surface area (Å²) >= 11 is 14.0. The van der Waals surface area contributed by atoms with Gasteiger partial charge in [-0.15, -0.1) is 11.3 Å². The molecule has 2 aromatic rings. The summed E-state index contributed by atoms with van der Waals surface area (Å²) in [7, 11) is 0. The van der Waals surface area contributed by atoms with Crippen LogP contribution in [0.5, 0.6) is 5.75 Å². The predicted molar refractivity (Wildman–Crippen MR) is 78.8 cm³/mol. The number of thiophene rings is 1. The van der Waals surface area contributed by atoms with Crippen molar-refractivity contribution in [3.8, 4) is 16.9 Å². The van der Waals surface area contributed by atoms with Gasteiger partial charge in [0.1, 0.15) is 5.75 Å². The molecule has 0 aliphatic rings. The largest absolute Gasteiger partial charge is 0.492 e. The van der Waals surface area contributed by atoms with Crippen molar-refractivity contribution in [3.63, 3.8) is 0 Å². The first kappa shape index (κ1) is 13.7. The zero-order valence-electron chi connectivity index (χ0n) is 9.87. The van der Waals surface area contributed by atoms with Crippen LogP contribution in [0.1, 0.15) is 11.8 Å². The molecule has 2 nitrogen and oxygen atoms in total. The molecule has 1 aromatic carbocycles. The van der Waals surface area contributed by atoms with Crippen LogP contribution in [0.25, 0.3) is 11.1 Å². The van der Waals surface area contributed by atoms with Crippen LogP contribution in [0.2, 0.25) is 10.0 Å². The summed E-state index contributed by atoms with van der Waals surface area (Å²) in [4.78, 5) is 1.12. The Morgan fingerprint density at radius 3 is 2.61 bits per heavy atom. The first-order valence-electron chi connectivity index (χ1n) is 5.55. The molecule has 0 bridgehead atoms. The number of nitrogens with two attached hydrogens (primary N) is 1. The molecule has 0 aliphatic carbocycles. The van der Waals surface area contributed by atoms with E-state index in [9.17, 15) is 0 Å². The quantitative estimate of drug-likeness (QED) is 0.897. The maximum Gasteiger partial charge on any atom is 0.139 e. The Balaban J connectivity index is 2.42. The fourth-order valence-corrected chi connectivity index (χ4v) is 2.89. The summed E-state index contributed by atoms with van der Waals surface area (Å²) in [5.41, 5.74) is 7.55. The fourth-order valence-electron chi connectivity index (χ4n) is 1.64.